The number of H-pyrrole nitrogens is 1. The van der Waals surface area contributed by atoms with E-state index in [2.05, 4.69) is 15.4 Å². The number of sulfonamides is 1. The molecule has 3 heterocycles. The number of aromatic amines is 1. The van der Waals surface area contributed by atoms with E-state index in [1.54, 1.807) is 0 Å². The smallest absolute Gasteiger partial charge is 0.252 e. The second-order valence-corrected chi connectivity index (χ2v) is 9.97. The molecule has 0 radical (unpaired) electrons. The largest absolute Gasteiger partial charge is 0.379 e. The third-order valence-corrected chi connectivity index (χ3v) is 7.50. The molecule has 2 aromatic heterocycles. The molecule has 33 heavy (non-hydrogen) atoms. The molecule has 1 aliphatic rings. The Morgan fingerprint density at radius 1 is 1.18 bits per heavy atom. The zero-order valence-corrected chi connectivity index (χ0v) is 19.4. The van der Waals surface area contributed by atoms with Crippen LogP contribution in [0.5, 0.6) is 0 Å². The number of carbonyl (C=O) groups excluding carboxylic acids is 1. The van der Waals surface area contributed by atoms with Gasteiger partial charge in [-0.2, -0.15) is 9.40 Å². The zero-order chi connectivity index (χ0) is 23.6. The highest BCUT2D eigenvalue weighted by molar-refractivity contribution is 7.89. The van der Waals surface area contributed by atoms with E-state index in [0.29, 0.717) is 43.6 Å². The number of benzene rings is 1. The first-order chi connectivity index (χ1) is 15.8. The summed E-state index contributed by atoms with van der Waals surface area (Å²) < 4.78 is 34.6. The molecule has 1 aliphatic heterocycles. The Balaban J connectivity index is 1.54. The SMILES string of the molecule is Cc1cc(C)n(CCCNC(=O)c2cc(=O)[nH]c3ccc(S(=O)(=O)N4CCOCC4)cc23)n1. The van der Waals surface area contributed by atoms with Crippen molar-refractivity contribution >= 4 is 26.8 Å². The van der Waals surface area contributed by atoms with Gasteiger partial charge < -0.3 is 15.0 Å². The molecule has 2 N–H and O–H groups in total. The summed E-state index contributed by atoms with van der Waals surface area (Å²) in [6, 6.07) is 7.59. The lowest BCUT2D eigenvalue weighted by Crippen LogP contribution is -2.40. The number of pyridine rings is 1. The van der Waals surface area contributed by atoms with Crippen molar-refractivity contribution < 1.29 is 17.9 Å². The number of carbonyl (C=O) groups is 1. The van der Waals surface area contributed by atoms with Gasteiger partial charge in [-0.15, -0.1) is 0 Å². The highest BCUT2D eigenvalue weighted by atomic mass is 32.2. The third kappa shape index (κ3) is 5.00. The van der Waals surface area contributed by atoms with Crippen LogP contribution in [0.25, 0.3) is 10.9 Å². The second-order valence-electron chi connectivity index (χ2n) is 8.03. The lowest BCUT2D eigenvalue weighted by atomic mass is 10.1. The second kappa shape index (κ2) is 9.46. The molecule has 1 fully saturated rings. The molecular formula is C22H27N5O5S. The number of nitrogens with zero attached hydrogens (tertiary/aromatic N) is 3. The summed E-state index contributed by atoms with van der Waals surface area (Å²) in [7, 11) is -3.74. The minimum absolute atomic E-state index is 0.0718. The van der Waals surface area contributed by atoms with Gasteiger partial charge in [-0.25, -0.2) is 8.42 Å². The van der Waals surface area contributed by atoms with Gasteiger partial charge >= 0.3 is 0 Å². The van der Waals surface area contributed by atoms with Crippen molar-refractivity contribution in [1.82, 2.24) is 24.4 Å². The maximum atomic E-state index is 13.0. The lowest BCUT2D eigenvalue weighted by molar-refractivity contribution is 0.0730. The van der Waals surface area contributed by atoms with Crippen LogP contribution in [-0.2, 0) is 21.3 Å². The first-order valence-electron chi connectivity index (χ1n) is 10.8. The number of ether oxygens (including phenoxy) is 1. The van der Waals surface area contributed by atoms with Crippen LogP contribution in [0.4, 0.5) is 0 Å². The molecule has 0 bridgehead atoms. The molecule has 1 saturated heterocycles. The number of hydrogen-bond acceptors (Lipinski definition) is 6. The predicted molar refractivity (Wildman–Crippen MR) is 123 cm³/mol. The molecule has 176 valence electrons. The van der Waals surface area contributed by atoms with Gasteiger partial charge in [0.25, 0.3) is 5.91 Å². The quantitative estimate of drug-likeness (QED) is 0.496. The Labute approximate surface area is 191 Å². The van der Waals surface area contributed by atoms with Crippen molar-refractivity contribution in [1.29, 1.82) is 0 Å². The van der Waals surface area contributed by atoms with Crippen LogP contribution >= 0.6 is 0 Å². The third-order valence-electron chi connectivity index (χ3n) is 5.60. The number of morpholine rings is 1. The highest BCUT2D eigenvalue weighted by Gasteiger charge is 2.27. The Bertz CT molecular complexity index is 1340. The summed E-state index contributed by atoms with van der Waals surface area (Å²) in [5.74, 6) is -0.430. The van der Waals surface area contributed by atoms with E-state index in [0.717, 1.165) is 11.4 Å². The van der Waals surface area contributed by atoms with E-state index in [4.69, 9.17) is 4.74 Å². The fourth-order valence-electron chi connectivity index (χ4n) is 3.94. The van der Waals surface area contributed by atoms with E-state index in [1.165, 1.54) is 28.6 Å². The van der Waals surface area contributed by atoms with Gasteiger partial charge in [0.1, 0.15) is 0 Å². The Hall–Kier alpha value is -3.02. The van der Waals surface area contributed by atoms with E-state index >= 15 is 0 Å². The summed E-state index contributed by atoms with van der Waals surface area (Å²) in [6.07, 6.45) is 0.658. The maximum absolute atomic E-state index is 13.0. The van der Waals surface area contributed by atoms with Gasteiger partial charge in [-0.1, -0.05) is 0 Å². The molecule has 3 aromatic rings. The van der Waals surface area contributed by atoms with Crippen LogP contribution in [0.1, 0.15) is 28.2 Å². The molecule has 4 rings (SSSR count). The summed E-state index contributed by atoms with van der Waals surface area (Å²) in [6.45, 7) is 6.16. The monoisotopic (exact) mass is 473 g/mol. The molecule has 1 aromatic carbocycles. The molecule has 0 aliphatic carbocycles. The van der Waals surface area contributed by atoms with Crippen molar-refractivity contribution in [2.24, 2.45) is 0 Å². The normalized spacial score (nSPS) is 15.1. The number of aromatic nitrogens is 3. The van der Waals surface area contributed by atoms with Crippen LogP contribution in [-0.4, -0.2) is 66.2 Å². The lowest BCUT2D eigenvalue weighted by Gasteiger charge is -2.26. The van der Waals surface area contributed by atoms with Crippen LogP contribution in [0, 0.1) is 13.8 Å². The van der Waals surface area contributed by atoms with Crippen molar-refractivity contribution in [3.63, 3.8) is 0 Å². The maximum Gasteiger partial charge on any atom is 0.252 e. The summed E-state index contributed by atoms with van der Waals surface area (Å²) in [5.41, 5.74) is 2.09. The van der Waals surface area contributed by atoms with Crippen molar-refractivity contribution in [3.05, 3.63) is 57.6 Å². The van der Waals surface area contributed by atoms with Gasteiger partial charge in [0.2, 0.25) is 15.6 Å². The van der Waals surface area contributed by atoms with Gasteiger partial charge in [0.15, 0.2) is 0 Å². The Morgan fingerprint density at radius 3 is 2.64 bits per heavy atom. The fraction of sp³-hybridized carbons (Fsp3) is 0.409. The molecule has 1 amide bonds. The molecule has 10 nitrogen and oxygen atoms in total. The molecule has 0 saturated carbocycles. The van der Waals surface area contributed by atoms with E-state index in [1.807, 2.05) is 24.6 Å². The van der Waals surface area contributed by atoms with Crippen LogP contribution in [0.15, 0.2) is 40.0 Å². The average Bonchev–Trinajstić information content (AvgIpc) is 3.12. The van der Waals surface area contributed by atoms with Crippen LogP contribution < -0.4 is 10.9 Å². The van der Waals surface area contributed by atoms with Gasteiger partial charge in [-0.05, 0) is 44.5 Å². The zero-order valence-electron chi connectivity index (χ0n) is 18.6. The minimum atomic E-state index is -3.74. The van der Waals surface area contributed by atoms with Crippen molar-refractivity contribution in [3.8, 4) is 0 Å². The number of rotatable bonds is 7. The predicted octanol–water partition coefficient (Wildman–Crippen LogP) is 1.18. The molecule has 0 unspecified atom stereocenters. The fourth-order valence-corrected chi connectivity index (χ4v) is 5.38. The number of fused-ring (bicyclic) bond motifs is 1. The average molecular weight is 474 g/mol. The number of hydrogen-bond donors (Lipinski definition) is 2. The van der Waals surface area contributed by atoms with Crippen molar-refractivity contribution in [2.45, 2.75) is 31.7 Å². The summed E-state index contributed by atoms with van der Waals surface area (Å²) in [5, 5.41) is 7.60. The highest BCUT2D eigenvalue weighted by Crippen LogP contribution is 2.23. The topological polar surface area (TPSA) is 126 Å². The molecule has 0 atom stereocenters. The Kier molecular flexibility index (Phi) is 6.63. The summed E-state index contributed by atoms with van der Waals surface area (Å²) in [4.78, 5) is 27.7. The molecular weight excluding hydrogens is 446 g/mol. The van der Waals surface area contributed by atoms with Crippen molar-refractivity contribution in [2.75, 3.05) is 32.8 Å². The standard InChI is InChI=1S/C22H27N5O5S/c1-15-12-16(2)27(25-15)7-3-6-23-22(29)19-14-21(28)24-20-5-4-17(13-18(19)20)33(30,31)26-8-10-32-11-9-26/h4-5,12-14H,3,6-11H2,1-2H3,(H,23,29)(H,24,28). The van der Waals surface area contributed by atoms with Crippen LogP contribution in [0.3, 0.4) is 0 Å². The molecule has 0 spiro atoms. The Morgan fingerprint density at radius 2 is 1.94 bits per heavy atom. The van der Waals surface area contributed by atoms with E-state index in [-0.39, 0.29) is 23.5 Å². The van der Waals surface area contributed by atoms with Gasteiger partial charge in [0, 0.05) is 48.8 Å². The minimum Gasteiger partial charge on any atom is -0.379 e. The number of amides is 1. The number of aryl methyl sites for hydroxylation is 3. The van der Waals surface area contributed by atoms with E-state index < -0.39 is 21.5 Å². The number of nitrogens with one attached hydrogen (secondary N) is 2. The van der Waals surface area contributed by atoms with Crippen LogP contribution in [0.2, 0.25) is 0 Å². The van der Waals surface area contributed by atoms with Gasteiger partial charge in [0.05, 0.1) is 29.4 Å². The molecule has 11 heteroatoms. The van der Waals surface area contributed by atoms with E-state index in [9.17, 15) is 18.0 Å². The first kappa shape index (κ1) is 23.1. The first-order valence-corrected chi connectivity index (χ1v) is 12.2. The summed E-state index contributed by atoms with van der Waals surface area (Å²) >= 11 is 0. The van der Waals surface area contributed by atoms with Gasteiger partial charge in [-0.3, -0.25) is 14.3 Å².